The van der Waals surface area contributed by atoms with Crippen LogP contribution < -0.4 is 9.64 Å². The second-order valence-corrected chi connectivity index (χ2v) is 4.95. The van der Waals surface area contributed by atoms with Crippen LogP contribution in [0.15, 0.2) is 16.7 Å². The Kier molecular flexibility index (Phi) is 4.23. The summed E-state index contributed by atoms with van der Waals surface area (Å²) in [6.45, 7) is 2.01. The zero-order chi connectivity index (χ0) is 12.3. The highest BCUT2D eigenvalue weighted by molar-refractivity contribution is 9.10. The number of hydrogen-bond donors (Lipinski definition) is 0. The Labute approximate surface area is 110 Å². The zero-order valence-corrected chi connectivity index (χ0v) is 11.7. The number of anilines is 1. The molecule has 0 bridgehead atoms. The van der Waals surface area contributed by atoms with Gasteiger partial charge in [-0.25, -0.2) is 4.98 Å². The molecule has 1 aromatic rings. The van der Waals surface area contributed by atoms with Crippen LogP contribution in [0.25, 0.3) is 0 Å². The van der Waals surface area contributed by atoms with E-state index in [-0.39, 0.29) is 0 Å². The molecule has 1 aliphatic rings. The van der Waals surface area contributed by atoms with Crippen LogP contribution in [-0.4, -0.2) is 38.4 Å². The molecular formula is C12H17BrN2O2. The molecule has 0 amide bonds. The Morgan fingerprint density at radius 2 is 2.06 bits per heavy atom. The van der Waals surface area contributed by atoms with Crippen molar-refractivity contribution in [2.45, 2.75) is 18.9 Å². The van der Waals surface area contributed by atoms with Crippen molar-refractivity contribution in [1.82, 2.24) is 4.98 Å². The van der Waals surface area contributed by atoms with Crippen molar-refractivity contribution in [2.75, 3.05) is 32.2 Å². The van der Waals surface area contributed by atoms with E-state index in [1.54, 1.807) is 20.4 Å². The number of nitrogens with zero attached hydrogens (tertiary/aromatic N) is 2. The molecule has 5 heteroatoms. The van der Waals surface area contributed by atoms with Gasteiger partial charge < -0.3 is 14.4 Å². The van der Waals surface area contributed by atoms with Gasteiger partial charge in [-0.05, 0) is 28.8 Å². The number of methoxy groups -OCH3 is 2. The molecule has 0 saturated carbocycles. The normalized spacial score (nSPS) is 17.2. The fraction of sp³-hybridized carbons (Fsp3) is 0.583. The highest BCUT2D eigenvalue weighted by Crippen LogP contribution is 2.30. The second-order valence-electron chi connectivity index (χ2n) is 4.10. The van der Waals surface area contributed by atoms with Crippen LogP contribution >= 0.6 is 15.9 Å². The number of pyridine rings is 1. The van der Waals surface area contributed by atoms with Gasteiger partial charge in [0.1, 0.15) is 0 Å². The predicted octanol–water partition coefficient (Wildman–Crippen LogP) is 2.47. The number of piperidine rings is 1. The van der Waals surface area contributed by atoms with E-state index in [4.69, 9.17) is 9.47 Å². The average Bonchev–Trinajstić information content (AvgIpc) is 2.39. The summed E-state index contributed by atoms with van der Waals surface area (Å²) in [4.78, 5) is 6.50. The van der Waals surface area contributed by atoms with Crippen molar-refractivity contribution < 1.29 is 9.47 Å². The molecule has 0 unspecified atom stereocenters. The van der Waals surface area contributed by atoms with Crippen LogP contribution in [0.3, 0.4) is 0 Å². The minimum Gasteiger partial charge on any atom is -0.481 e. The van der Waals surface area contributed by atoms with Crippen LogP contribution in [-0.2, 0) is 4.74 Å². The summed E-state index contributed by atoms with van der Waals surface area (Å²) in [7, 11) is 3.42. The maximum atomic E-state index is 5.38. The second kappa shape index (κ2) is 5.69. The number of halogens is 1. The molecule has 1 saturated heterocycles. The summed E-state index contributed by atoms with van der Waals surface area (Å²) in [5.41, 5.74) is 1.14. The third kappa shape index (κ3) is 2.90. The molecule has 1 fully saturated rings. The molecule has 0 spiro atoms. The minimum absolute atomic E-state index is 0.397. The van der Waals surface area contributed by atoms with Gasteiger partial charge in [-0.3, -0.25) is 0 Å². The van der Waals surface area contributed by atoms with Gasteiger partial charge in [0.25, 0.3) is 0 Å². The predicted molar refractivity (Wildman–Crippen MR) is 70.7 cm³/mol. The SMILES string of the molecule is COc1cc(N2CCC(OC)CC2)c(Br)cn1. The molecule has 2 heterocycles. The van der Waals surface area contributed by atoms with Crippen molar-refractivity contribution in [2.24, 2.45) is 0 Å². The van der Waals surface area contributed by atoms with Crippen molar-refractivity contribution in [1.29, 1.82) is 0 Å². The van der Waals surface area contributed by atoms with E-state index in [0.717, 1.165) is 36.1 Å². The Morgan fingerprint density at radius 3 is 2.65 bits per heavy atom. The quantitative estimate of drug-likeness (QED) is 0.859. The monoisotopic (exact) mass is 300 g/mol. The first-order chi connectivity index (χ1) is 8.24. The first-order valence-electron chi connectivity index (χ1n) is 5.72. The number of aromatic nitrogens is 1. The summed E-state index contributed by atoms with van der Waals surface area (Å²) in [5.74, 6) is 0.650. The van der Waals surface area contributed by atoms with Gasteiger partial charge in [-0.2, -0.15) is 0 Å². The third-order valence-corrected chi connectivity index (χ3v) is 3.75. The highest BCUT2D eigenvalue weighted by Gasteiger charge is 2.20. The van der Waals surface area contributed by atoms with Gasteiger partial charge in [0.2, 0.25) is 5.88 Å². The van der Waals surface area contributed by atoms with E-state index >= 15 is 0 Å². The molecule has 1 aliphatic heterocycles. The summed E-state index contributed by atoms with van der Waals surface area (Å²) in [6.07, 6.45) is 4.31. The van der Waals surface area contributed by atoms with Gasteiger partial charge >= 0.3 is 0 Å². The minimum atomic E-state index is 0.397. The van der Waals surface area contributed by atoms with E-state index in [2.05, 4.69) is 25.8 Å². The van der Waals surface area contributed by atoms with E-state index in [9.17, 15) is 0 Å². The van der Waals surface area contributed by atoms with Crippen LogP contribution in [0, 0.1) is 0 Å². The van der Waals surface area contributed by atoms with Gasteiger partial charge in [-0.15, -0.1) is 0 Å². The first kappa shape index (κ1) is 12.6. The van der Waals surface area contributed by atoms with Gasteiger partial charge in [0.05, 0.1) is 23.4 Å². The number of rotatable bonds is 3. The maximum Gasteiger partial charge on any atom is 0.215 e. The summed E-state index contributed by atoms with van der Waals surface area (Å²) in [6, 6.07) is 1.97. The smallest absolute Gasteiger partial charge is 0.215 e. The average molecular weight is 301 g/mol. The molecule has 2 rings (SSSR count). The molecule has 1 aromatic heterocycles. The molecule has 4 nitrogen and oxygen atoms in total. The summed E-state index contributed by atoms with van der Waals surface area (Å²) < 4.78 is 11.5. The topological polar surface area (TPSA) is 34.6 Å². The van der Waals surface area contributed by atoms with Crippen LogP contribution in [0.2, 0.25) is 0 Å². The number of hydrogen-bond acceptors (Lipinski definition) is 4. The standard InChI is InChI=1S/C12H17BrN2O2/c1-16-9-3-5-15(6-4-9)11-7-12(17-2)14-8-10(11)13/h7-9H,3-6H2,1-2H3. The largest absolute Gasteiger partial charge is 0.481 e. The van der Waals surface area contributed by atoms with E-state index in [1.165, 1.54) is 0 Å². The van der Waals surface area contributed by atoms with Crippen molar-refractivity contribution in [3.63, 3.8) is 0 Å². The maximum absolute atomic E-state index is 5.38. The Bertz CT molecular complexity index is 379. The lowest BCUT2D eigenvalue weighted by Crippen LogP contribution is -2.36. The third-order valence-electron chi connectivity index (χ3n) is 3.14. The van der Waals surface area contributed by atoms with Crippen LogP contribution in [0.4, 0.5) is 5.69 Å². The fourth-order valence-corrected chi connectivity index (χ4v) is 2.56. The molecule has 0 radical (unpaired) electrons. The zero-order valence-electron chi connectivity index (χ0n) is 10.1. The molecule has 0 aliphatic carbocycles. The first-order valence-corrected chi connectivity index (χ1v) is 6.51. The Balaban J connectivity index is 2.12. The molecule has 17 heavy (non-hydrogen) atoms. The lowest BCUT2D eigenvalue weighted by atomic mass is 10.1. The van der Waals surface area contributed by atoms with E-state index in [0.29, 0.717) is 12.0 Å². The highest BCUT2D eigenvalue weighted by atomic mass is 79.9. The van der Waals surface area contributed by atoms with Crippen LogP contribution in [0.1, 0.15) is 12.8 Å². The van der Waals surface area contributed by atoms with Gasteiger partial charge in [-0.1, -0.05) is 0 Å². The lowest BCUT2D eigenvalue weighted by Gasteiger charge is -2.33. The number of ether oxygens (including phenoxy) is 2. The van der Waals surface area contributed by atoms with Crippen molar-refractivity contribution >= 4 is 21.6 Å². The Morgan fingerprint density at radius 1 is 1.35 bits per heavy atom. The molecule has 94 valence electrons. The summed E-state index contributed by atoms with van der Waals surface area (Å²) >= 11 is 3.54. The Hall–Kier alpha value is -0.810. The van der Waals surface area contributed by atoms with Crippen molar-refractivity contribution in [3.05, 3.63) is 16.7 Å². The van der Waals surface area contributed by atoms with Gasteiger partial charge in [0, 0.05) is 32.5 Å². The summed E-state index contributed by atoms with van der Waals surface area (Å²) in [5, 5.41) is 0. The van der Waals surface area contributed by atoms with Crippen molar-refractivity contribution in [3.8, 4) is 5.88 Å². The molecule has 0 N–H and O–H groups in total. The lowest BCUT2D eigenvalue weighted by molar-refractivity contribution is 0.0819. The molecule has 0 atom stereocenters. The van der Waals surface area contributed by atoms with E-state index < -0.39 is 0 Å². The fourth-order valence-electron chi connectivity index (χ4n) is 2.10. The van der Waals surface area contributed by atoms with Gasteiger partial charge in [0.15, 0.2) is 0 Å². The molecule has 0 aromatic carbocycles. The van der Waals surface area contributed by atoms with Crippen LogP contribution in [0.5, 0.6) is 5.88 Å². The molecular weight excluding hydrogens is 284 g/mol. The van der Waals surface area contributed by atoms with E-state index in [1.807, 2.05) is 6.07 Å².